The number of benzene rings is 1. The molecule has 0 unspecified atom stereocenters. The highest BCUT2D eigenvalue weighted by Gasteiger charge is 2.63. The van der Waals surface area contributed by atoms with Crippen molar-refractivity contribution in [1.82, 2.24) is 9.80 Å². The second kappa shape index (κ2) is 8.65. The lowest BCUT2D eigenvalue weighted by molar-refractivity contribution is -0.148. The van der Waals surface area contributed by atoms with Crippen LogP contribution >= 0.6 is 0 Å². The van der Waals surface area contributed by atoms with Crippen LogP contribution in [0.5, 0.6) is 5.75 Å². The number of phenols is 1. The Kier molecular flexibility index (Phi) is 6.15. The number of likely N-dealkylation sites (N-methyl/N-ethyl adjacent to an activating group) is 1. The van der Waals surface area contributed by atoms with Gasteiger partial charge >= 0.3 is 0 Å². The van der Waals surface area contributed by atoms with Gasteiger partial charge in [0.1, 0.15) is 28.7 Å². The number of phenolic OH excluding ortho intramolecular Hbond substituents is 1. The van der Waals surface area contributed by atoms with Gasteiger partial charge in [-0.2, -0.15) is 0 Å². The fourth-order valence-electron chi connectivity index (χ4n) is 5.97. The van der Waals surface area contributed by atoms with Crippen LogP contribution in [0.2, 0.25) is 0 Å². The standard InChI is InChI=1S/C25H27FN4O7/c1-28-17-11(8-29(2)3)16(26)10-6-9-7-12-18(30(4)5)21(33)15(24(27)36)23(35)25(12,37)22(34)13(9)19(31)14(10)20(17)32/h9,12,18,32-34,37H,6-8H2,2-5H3,(H2,27,36)/t9-,12-,18-,25-/m0/s1. The third-order valence-corrected chi connectivity index (χ3v) is 7.48. The highest BCUT2D eigenvalue weighted by Crippen LogP contribution is 2.53. The average Bonchev–Trinajstić information content (AvgIpc) is 2.79. The van der Waals surface area contributed by atoms with Gasteiger partial charge in [0.25, 0.3) is 5.91 Å². The van der Waals surface area contributed by atoms with Gasteiger partial charge < -0.3 is 31.1 Å². The van der Waals surface area contributed by atoms with E-state index in [1.165, 1.54) is 19.0 Å². The van der Waals surface area contributed by atoms with Crippen molar-refractivity contribution in [3.05, 3.63) is 56.6 Å². The fraction of sp³-hybridized carbons (Fsp3) is 0.440. The third kappa shape index (κ3) is 3.46. The van der Waals surface area contributed by atoms with E-state index in [0.29, 0.717) is 0 Å². The summed E-state index contributed by atoms with van der Waals surface area (Å²) in [6.07, 6.45) is -0.341. The Balaban J connectivity index is 1.99. The van der Waals surface area contributed by atoms with Crippen molar-refractivity contribution in [1.29, 1.82) is 0 Å². The van der Waals surface area contributed by atoms with Crippen LogP contribution in [-0.4, -0.2) is 87.5 Å². The summed E-state index contributed by atoms with van der Waals surface area (Å²) in [6.45, 7) is 7.42. The molecule has 1 aromatic carbocycles. The third-order valence-electron chi connectivity index (χ3n) is 7.48. The minimum atomic E-state index is -2.79. The first kappa shape index (κ1) is 26.3. The lowest BCUT2D eigenvalue weighted by Crippen LogP contribution is -2.63. The lowest BCUT2D eigenvalue weighted by Gasteiger charge is -2.50. The van der Waals surface area contributed by atoms with E-state index in [4.69, 9.17) is 12.3 Å². The zero-order valence-corrected chi connectivity index (χ0v) is 20.7. The van der Waals surface area contributed by atoms with Crippen LogP contribution in [0.1, 0.15) is 27.9 Å². The first-order chi connectivity index (χ1) is 17.2. The van der Waals surface area contributed by atoms with E-state index in [2.05, 4.69) is 4.85 Å². The number of nitrogens with two attached hydrogens (primary N) is 1. The minimum absolute atomic E-state index is 0.0225. The van der Waals surface area contributed by atoms with E-state index < -0.39 is 86.4 Å². The van der Waals surface area contributed by atoms with Crippen LogP contribution in [0.15, 0.2) is 22.7 Å². The van der Waals surface area contributed by atoms with Gasteiger partial charge in [-0.25, -0.2) is 9.24 Å². The Labute approximate surface area is 211 Å². The Hall–Kier alpha value is -3.79. The number of nitrogens with zero attached hydrogens (tertiary/aromatic N) is 3. The number of hydrogen-bond donors (Lipinski definition) is 5. The van der Waals surface area contributed by atoms with Crippen molar-refractivity contribution in [2.75, 3.05) is 28.2 Å². The molecule has 12 heteroatoms. The Morgan fingerprint density at radius 3 is 2.35 bits per heavy atom. The number of carbonyl (C=O) groups excluding carboxylic acids is 3. The second-order valence-electron chi connectivity index (χ2n) is 10.2. The number of ketones is 2. The van der Waals surface area contributed by atoms with Gasteiger partial charge in [-0.15, -0.1) is 0 Å². The summed E-state index contributed by atoms with van der Waals surface area (Å²) >= 11 is 0. The smallest absolute Gasteiger partial charge is 0.255 e. The lowest BCUT2D eigenvalue weighted by atomic mass is 9.58. The second-order valence-corrected chi connectivity index (χ2v) is 10.2. The Morgan fingerprint density at radius 2 is 1.84 bits per heavy atom. The molecule has 1 amide bonds. The number of halogens is 1. The molecule has 1 aromatic rings. The summed E-state index contributed by atoms with van der Waals surface area (Å²) in [4.78, 5) is 45.1. The molecule has 4 rings (SSSR count). The quantitative estimate of drug-likeness (QED) is 0.289. The maximum absolute atomic E-state index is 15.7. The van der Waals surface area contributed by atoms with Crippen molar-refractivity contribution >= 4 is 23.2 Å². The highest BCUT2D eigenvalue weighted by atomic mass is 19.1. The topological polar surface area (TPSA) is 169 Å². The van der Waals surface area contributed by atoms with Crippen molar-refractivity contribution in [3.63, 3.8) is 0 Å². The van der Waals surface area contributed by atoms with Crippen molar-refractivity contribution in [3.8, 4) is 5.75 Å². The molecule has 0 saturated carbocycles. The molecule has 0 spiro atoms. The summed E-state index contributed by atoms with van der Waals surface area (Å²) in [6, 6.07) is -1.14. The molecule has 6 N–H and O–H groups in total. The first-order valence-electron chi connectivity index (χ1n) is 11.4. The molecule has 0 radical (unpaired) electrons. The number of aliphatic hydroxyl groups is 3. The molecular formula is C25H27FN4O7. The fourth-order valence-corrected chi connectivity index (χ4v) is 5.97. The van der Waals surface area contributed by atoms with Gasteiger partial charge in [0, 0.05) is 29.2 Å². The number of aromatic hydroxyl groups is 1. The first-order valence-corrected chi connectivity index (χ1v) is 11.4. The van der Waals surface area contributed by atoms with Crippen molar-refractivity contribution in [2.24, 2.45) is 17.6 Å². The molecule has 0 aromatic heterocycles. The predicted octanol–water partition coefficient (Wildman–Crippen LogP) is 0.872. The number of fused-ring (bicyclic) bond motifs is 3. The maximum Gasteiger partial charge on any atom is 0.255 e. The van der Waals surface area contributed by atoms with Crippen LogP contribution in [0.25, 0.3) is 4.85 Å². The van der Waals surface area contributed by atoms with Gasteiger partial charge in [-0.05, 0) is 47.0 Å². The van der Waals surface area contributed by atoms with Crippen LogP contribution < -0.4 is 5.73 Å². The SMILES string of the molecule is [C-]#[N+]c1c(O)c2c(c(F)c1CN(C)C)C[C@H]1C[C@H]3[C@H](N(C)C)C(O)=C(C(N)=O)C(=O)[C@@]3(O)C(O)=C1C2=O. The summed E-state index contributed by atoms with van der Waals surface area (Å²) in [5.41, 5.74) is -0.00419. The number of allylic oxidation sites excluding steroid dienone is 1. The summed E-state index contributed by atoms with van der Waals surface area (Å²) in [7, 11) is 6.34. The monoisotopic (exact) mass is 514 g/mol. The van der Waals surface area contributed by atoms with Gasteiger partial charge in [0.05, 0.1) is 18.2 Å². The molecule has 0 bridgehead atoms. The molecular weight excluding hydrogens is 487 g/mol. The summed E-state index contributed by atoms with van der Waals surface area (Å²) in [5, 5.41) is 44.4. The number of primary amides is 1. The number of amides is 1. The molecule has 37 heavy (non-hydrogen) atoms. The number of aliphatic hydroxyl groups excluding tert-OH is 2. The normalized spacial score (nSPS) is 27.3. The molecule has 0 heterocycles. The van der Waals surface area contributed by atoms with Crippen LogP contribution in [0.4, 0.5) is 10.1 Å². The average molecular weight is 515 g/mol. The van der Waals surface area contributed by atoms with Gasteiger partial charge in [0.15, 0.2) is 11.4 Å². The highest BCUT2D eigenvalue weighted by molar-refractivity contribution is 6.24. The maximum atomic E-state index is 15.7. The minimum Gasteiger partial charge on any atom is -0.518 e. The molecule has 0 saturated heterocycles. The predicted molar refractivity (Wildman–Crippen MR) is 127 cm³/mol. The summed E-state index contributed by atoms with van der Waals surface area (Å²) < 4.78 is 15.7. The van der Waals surface area contributed by atoms with E-state index in [-0.39, 0.29) is 30.5 Å². The van der Waals surface area contributed by atoms with Crippen LogP contribution in [0, 0.1) is 24.2 Å². The van der Waals surface area contributed by atoms with Crippen LogP contribution in [-0.2, 0) is 22.6 Å². The number of carbonyl (C=O) groups is 3. The van der Waals surface area contributed by atoms with E-state index in [1.807, 2.05) is 0 Å². The molecule has 4 atom stereocenters. The van der Waals surface area contributed by atoms with Gasteiger partial charge in [-0.1, -0.05) is 0 Å². The van der Waals surface area contributed by atoms with Crippen molar-refractivity contribution < 1.29 is 39.2 Å². The summed E-state index contributed by atoms with van der Waals surface area (Å²) in [5.74, 6) is -9.14. The molecule has 3 aliphatic rings. The van der Waals surface area contributed by atoms with Gasteiger partial charge in [-0.3, -0.25) is 19.3 Å². The van der Waals surface area contributed by atoms with Gasteiger partial charge in [0.2, 0.25) is 11.5 Å². The van der Waals surface area contributed by atoms with Crippen molar-refractivity contribution in [2.45, 2.75) is 31.0 Å². The number of Topliss-reactive ketones (excluding diaryl/α,β-unsaturated/α-hetero) is 2. The largest absolute Gasteiger partial charge is 0.518 e. The van der Waals surface area contributed by atoms with E-state index in [9.17, 15) is 34.8 Å². The zero-order chi connectivity index (χ0) is 27.7. The molecule has 0 fully saturated rings. The van der Waals surface area contributed by atoms with Crippen LogP contribution in [0.3, 0.4) is 0 Å². The molecule has 3 aliphatic carbocycles. The Bertz CT molecular complexity index is 1370. The van der Waals surface area contributed by atoms with E-state index in [1.54, 1.807) is 19.0 Å². The zero-order valence-electron chi connectivity index (χ0n) is 20.7. The molecule has 11 nitrogen and oxygen atoms in total. The number of rotatable bonds is 4. The Morgan fingerprint density at radius 1 is 1.22 bits per heavy atom. The number of hydrogen-bond acceptors (Lipinski definition) is 9. The van der Waals surface area contributed by atoms with E-state index >= 15 is 4.39 Å². The van der Waals surface area contributed by atoms with E-state index in [0.717, 1.165) is 0 Å². The molecule has 0 aliphatic heterocycles. The molecule has 196 valence electrons.